The number of nitrogens with one attached hydrogen (secondary N) is 1. The summed E-state index contributed by atoms with van der Waals surface area (Å²) in [6, 6.07) is 9.27. The molecule has 3 rings (SSSR count). The zero-order valence-corrected chi connectivity index (χ0v) is 14.5. The largest absolute Gasteiger partial charge is 0.497 e. The minimum Gasteiger partial charge on any atom is -0.497 e. The third-order valence-electron chi connectivity index (χ3n) is 3.96. The summed E-state index contributed by atoms with van der Waals surface area (Å²) in [6.07, 6.45) is 1.79. The van der Waals surface area contributed by atoms with Gasteiger partial charge in [-0.25, -0.2) is 0 Å². The molecule has 7 heteroatoms. The van der Waals surface area contributed by atoms with E-state index in [4.69, 9.17) is 4.74 Å². The highest BCUT2D eigenvalue weighted by Crippen LogP contribution is 2.25. The van der Waals surface area contributed by atoms with Crippen LogP contribution in [0, 0.1) is 0 Å². The predicted molar refractivity (Wildman–Crippen MR) is 93.2 cm³/mol. The van der Waals surface area contributed by atoms with Crippen LogP contribution in [-0.2, 0) is 0 Å². The van der Waals surface area contributed by atoms with Crippen molar-refractivity contribution >= 4 is 17.2 Å². The molecular formula is C17H18N4O2S. The average Bonchev–Trinajstić information content (AvgIpc) is 3.31. The molecule has 2 heterocycles. The topological polar surface area (TPSA) is 71.1 Å². The van der Waals surface area contributed by atoms with Crippen LogP contribution in [0.25, 0.3) is 11.3 Å². The third kappa shape index (κ3) is 3.16. The number of amides is 1. The summed E-state index contributed by atoms with van der Waals surface area (Å²) >= 11 is 1.53. The Balaban J connectivity index is 1.77. The van der Waals surface area contributed by atoms with Gasteiger partial charge in [-0.05, 0) is 37.3 Å². The molecule has 6 nitrogen and oxygen atoms in total. The maximum absolute atomic E-state index is 12.6. The molecule has 0 saturated heterocycles. The average molecular weight is 342 g/mol. The van der Waals surface area contributed by atoms with Crippen molar-refractivity contribution in [3.8, 4) is 17.0 Å². The first-order valence-corrected chi connectivity index (χ1v) is 8.33. The molecule has 0 unspecified atom stereocenters. The van der Waals surface area contributed by atoms with Crippen molar-refractivity contribution < 1.29 is 9.53 Å². The number of nitrogens with zero attached hydrogens (tertiary/aromatic N) is 3. The van der Waals surface area contributed by atoms with Crippen molar-refractivity contribution in [2.24, 2.45) is 0 Å². The van der Waals surface area contributed by atoms with Gasteiger partial charge >= 0.3 is 0 Å². The maximum Gasteiger partial charge on any atom is 0.272 e. The van der Waals surface area contributed by atoms with Crippen LogP contribution in [0.15, 0.2) is 42.0 Å². The van der Waals surface area contributed by atoms with Crippen molar-refractivity contribution in [3.05, 3.63) is 52.6 Å². The summed E-state index contributed by atoms with van der Waals surface area (Å²) in [5.41, 5.74) is 3.87. The number of thiazole rings is 1. The Labute approximate surface area is 144 Å². The highest BCUT2D eigenvalue weighted by atomic mass is 32.1. The van der Waals surface area contributed by atoms with Gasteiger partial charge in [-0.3, -0.25) is 14.9 Å². The Morgan fingerprint density at radius 1 is 1.33 bits per heavy atom. The Bertz CT molecular complexity index is 812. The highest BCUT2D eigenvalue weighted by molar-refractivity contribution is 7.09. The number of hydrogen-bond donors (Lipinski definition) is 1. The minimum absolute atomic E-state index is 0.0438. The van der Waals surface area contributed by atoms with Crippen LogP contribution >= 0.6 is 11.3 Å². The van der Waals surface area contributed by atoms with Gasteiger partial charge < -0.3 is 9.64 Å². The SMILES string of the molecule is COc1ccc(-c2cc(C(=O)N(C)[C@@H](C)c3cncs3)[nH]n2)cc1. The standard InChI is InChI=1S/C17H18N4O2S/c1-11(16-9-18-10-24-16)21(2)17(22)15-8-14(19-20-15)12-4-6-13(23-3)7-5-12/h4-11H,1-3H3,(H,19,20)/t11-/m0/s1. The van der Waals surface area contributed by atoms with Crippen LogP contribution in [0.3, 0.4) is 0 Å². The molecular weight excluding hydrogens is 324 g/mol. The van der Waals surface area contributed by atoms with Crippen LogP contribution < -0.4 is 4.74 Å². The van der Waals surface area contributed by atoms with E-state index in [1.807, 2.05) is 31.2 Å². The van der Waals surface area contributed by atoms with Gasteiger partial charge in [-0.15, -0.1) is 11.3 Å². The molecule has 0 bridgehead atoms. The summed E-state index contributed by atoms with van der Waals surface area (Å²) in [4.78, 5) is 19.4. The van der Waals surface area contributed by atoms with Crippen molar-refractivity contribution in [2.75, 3.05) is 14.2 Å². The maximum atomic E-state index is 12.6. The molecule has 124 valence electrons. The van der Waals surface area contributed by atoms with Crippen LogP contribution in [0.2, 0.25) is 0 Å². The Kier molecular flexibility index (Phi) is 4.61. The van der Waals surface area contributed by atoms with E-state index in [0.717, 1.165) is 21.9 Å². The molecule has 1 aromatic carbocycles. The highest BCUT2D eigenvalue weighted by Gasteiger charge is 2.21. The van der Waals surface area contributed by atoms with Gasteiger partial charge in [-0.2, -0.15) is 5.10 Å². The number of aromatic nitrogens is 3. The Morgan fingerprint density at radius 2 is 2.08 bits per heavy atom. The van der Waals surface area contributed by atoms with E-state index in [1.165, 1.54) is 11.3 Å². The summed E-state index contributed by atoms with van der Waals surface area (Å²) in [5.74, 6) is 0.673. The second-order valence-electron chi connectivity index (χ2n) is 5.39. The number of carbonyl (C=O) groups excluding carboxylic acids is 1. The molecule has 0 spiro atoms. The van der Waals surface area contributed by atoms with E-state index >= 15 is 0 Å². The lowest BCUT2D eigenvalue weighted by molar-refractivity contribution is 0.0739. The summed E-state index contributed by atoms with van der Waals surface area (Å²) in [5, 5.41) is 7.07. The van der Waals surface area contributed by atoms with Gasteiger partial charge in [0, 0.05) is 23.7 Å². The molecule has 0 aliphatic heterocycles. The van der Waals surface area contributed by atoms with Crippen LogP contribution in [0.5, 0.6) is 5.75 Å². The molecule has 24 heavy (non-hydrogen) atoms. The van der Waals surface area contributed by atoms with Crippen molar-refractivity contribution in [1.29, 1.82) is 0 Å². The number of carbonyl (C=O) groups is 1. The van der Waals surface area contributed by atoms with Crippen molar-refractivity contribution in [1.82, 2.24) is 20.1 Å². The Hall–Kier alpha value is -2.67. The quantitative estimate of drug-likeness (QED) is 0.772. The first kappa shape index (κ1) is 16.2. The zero-order chi connectivity index (χ0) is 17.1. The summed E-state index contributed by atoms with van der Waals surface area (Å²) in [7, 11) is 3.40. The zero-order valence-electron chi connectivity index (χ0n) is 13.7. The summed E-state index contributed by atoms with van der Waals surface area (Å²) < 4.78 is 5.15. The van der Waals surface area contributed by atoms with Gasteiger partial charge in [0.1, 0.15) is 11.4 Å². The first-order valence-electron chi connectivity index (χ1n) is 7.45. The molecule has 0 radical (unpaired) electrons. The van der Waals surface area contributed by atoms with Gasteiger partial charge in [0.15, 0.2) is 0 Å². The van der Waals surface area contributed by atoms with Gasteiger partial charge in [0.05, 0.1) is 24.4 Å². The Morgan fingerprint density at radius 3 is 2.71 bits per heavy atom. The smallest absolute Gasteiger partial charge is 0.272 e. The molecule has 0 fully saturated rings. The van der Waals surface area contributed by atoms with E-state index in [0.29, 0.717) is 5.69 Å². The molecule has 3 aromatic rings. The van der Waals surface area contributed by atoms with E-state index in [9.17, 15) is 4.79 Å². The van der Waals surface area contributed by atoms with Gasteiger partial charge in [-0.1, -0.05) is 0 Å². The lowest BCUT2D eigenvalue weighted by Gasteiger charge is -2.22. The number of benzene rings is 1. The molecule has 0 aliphatic carbocycles. The predicted octanol–water partition coefficient (Wildman–Crippen LogP) is 3.38. The fourth-order valence-corrected chi connectivity index (χ4v) is 3.05. The second-order valence-corrected chi connectivity index (χ2v) is 6.31. The number of aromatic amines is 1. The van der Waals surface area contributed by atoms with E-state index < -0.39 is 0 Å². The molecule has 0 aliphatic rings. The van der Waals surface area contributed by atoms with Crippen molar-refractivity contribution in [3.63, 3.8) is 0 Å². The van der Waals surface area contributed by atoms with Gasteiger partial charge in [0.25, 0.3) is 5.91 Å². The van der Waals surface area contributed by atoms with E-state index in [-0.39, 0.29) is 11.9 Å². The molecule has 0 saturated carbocycles. The monoisotopic (exact) mass is 342 g/mol. The second kappa shape index (κ2) is 6.84. The molecule has 1 N–H and O–H groups in total. The third-order valence-corrected chi connectivity index (χ3v) is 4.90. The minimum atomic E-state index is -0.108. The first-order chi connectivity index (χ1) is 11.6. The fraction of sp³-hybridized carbons (Fsp3) is 0.235. The number of rotatable bonds is 5. The molecule has 2 aromatic heterocycles. The fourth-order valence-electron chi connectivity index (χ4n) is 2.33. The van der Waals surface area contributed by atoms with Crippen LogP contribution in [0.4, 0.5) is 0 Å². The van der Waals surface area contributed by atoms with Crippen molar-refractivity contribution in [2.45, 2.75) is 13.0 Å². The molecule has 1 amide bonds. The van der Waals surface area contributed by atoms with Crippen LogP contribution in [0.1, 0.15) is 28.3 Å². The number of ether oxygens (including phenoxy) is 1. The van der Waals surface area contributed by atoms with E-state index in [2.05, 4.69) is 15.2 Å². The van der Waals surface area contributed by atoms with Crippen LogP contribution in [-0.4, -0.2) is 40.1 Å². The van der Waals surface area contributed by atoms with Gasteiger partial charge in [0.2, 0.25) is 0 Å². The van der Waals surface area contributed by atoms with E-state index in [1.54, 1.807) is 36.8 Å². The normalized spacial score (nSPS) is 12.0. The summed E-state index contributed by atoms with van der Waals surface area (Å²) in [6.45, 7) is 1.98. The lowest BCUT2D eigenvalue weighted by Crippen LogP contribution is -2.29. The number of hydrogen-bond acceptors (Lipinski definition) is 5. The number of methoxy groups -OCH3 is 1. The molecule has 1 atom stereocenters. The lowest BCUT2D eigenvalue weighted by atomic mass is 10.1. The number of H-pyrrole nitrogens is 1.